The highest BCUT2D eigenvalue weighted by molar-refractivity contribution is 5.68. The molecular weight excluding hydrogens is 420 g/mol. The van der Waals surface area contributed by atoms with Gasteiger partial charge in [0.2, 0.25) is 0 Å². The second kappa shape index (κ2) is 13.2. The summed E-state index contributed by atoms with van der Waals surface area (Å²) >= 11 is 0. The monoisotopic (exact) mass is 462 g/mol. The number of hydrogen-bond donors (Lipinski definition) is 4. The molecule has 0 aromatic rings. The lowest BCUT2D eigenvalue weighted by molar-refractivity contribution is -0.0336. The molecule has 2 rings (SSSR count). The zero-order valence-electron chi connectivity index (χ0n) is 20.3. The normalized spacial score (nSPS) is 26.2. The van der Waals surface area contributed by atoms with Crippen molar-refractivity contribution >= 4 is 12.2 Å². The fourth-order valence-electron chi connectivity index (χ4n) is 3.08. The molecule has 0 aromatic carbocycles. The van der Waals surface area contributed by atoms with Gasteiger partial charge in [-0.2, -0.15) is 0 Å². The molecule has 0 aromatic heterocycles. The van der Waals surface area contributed by atoms with E-state index >= 15 is 0 Å². The lowest BCUT2D eigenvalue weighted by Gasteiger charge is -2.29. The van der Waals surface area contributed by atoms with Crippen molar-refractivity contribution in [2.45, 2.75) is 103 Å². The smallest absolute Gasteiger partial charge is 0.407 e. The summed E-state index contributed by atoms with van der Waals surface area (Å²) in [6, 6.07) is -0.0321. The van der Waals surface area contributed by atoms with E-state index in [2.05, 4.69) is 10.6 Å². The van der Waals surface area contributed by atoms with Crippen molar-refractivity contribution in [3.8, 4) is 0 Å². The van der Waals surface area contributed by atoms with Crippen LogP contribution >= 0.6 is 0 Å². The van der Waals surface area contributed by atoms with E-state index in [1.54, 1.807) is 0 Å². The molecule has 2 saturated heterocycles. The number of rotatable bonds is 4. The Bertz CT molecular complexity index is 507. The second-order valence-corrected chi connectivity index (χ2v) is 10.1. The van der Waals surface area contributed by atoms with Crippen LogP contribution in [0.2, 0.25) is 0 Å². The minimum absolute atomic E-state index is 0.0161. The fourth-order valence-corrected chi connectivity index (χ4v) is 3.08. The predicted octanol–water partition coefficient (Wildman–Crippen LogP) is 2.10. The van der Waals surface area contributed by atoms with Gasteiger partial charge in [0.25, 0.3) is 0 Å². The van der Waals surface area contributed by atoms with Crippen molar-refractivity contribution in [3.05, 3.63) is 0 Å². The Balaban J connectivity index is 0.000000320. The van der Waals surface area contributed by atoms with Gasteiger partial charge in [0.05, 0.1) is 50.7 Å². The first-order chi connectivity index (χ1) is 14.8. The van der Waals surface area contributed by atoms with Crippen LogP contribution in [-0.4, -0.2) is 84.3 Å². The Morgan fingerprint density at radius 2 is 1.09 bits per heavy atom. The quantitative estimate of drug-likeness (QED) is 0.499. The van der Waals surface area contributed by atoms with Crippen molar-refractivity contribution in [1.82, 2.24) is 10.6 Å². The molecule has 4 atom stereocenters. The molecule has 10 heteroatoms. The summed E-state index contributed by atoms with van der Waals surface area (Å²) in [5, 5.41) is 23.3. The molecular formula is C22H42N2O8. The van der Waals surface area contributed by atoms with Crippen LogP contribution in [0.25, 0.3) is 0 Å². The lowest BCUT2D eigenvalue weighted by Crippen LogP contribution is -2.45. The summed E-state index contributed by atoms with van der Waals surface area (Å²) in [7, 11) is 0. The van der Waals surface area contributed by atoms with Crippen molar-refractivity contribution in [2.75, 3.05) is 26.4 Å². The molecule has 2 heterocycles. The number of aliphatic hydroxyl groups is 2. The van der Waals surface area contributed by atoms with E-state index in [0.717, 1.165) is 25.7 Å². The lowest BCUT2D eigenvalue weighted by atomic mass is 10.1. The highest BCUT2D eigenvalue weighted by Gasteiger charge is 2.25. The van der Waals surface area contributed by atoms with Crippen LogP contribution < -0.4 is 10.6 Å². The summed E-state index contributed by atoms with van der Waals surface area (Å²) in [4.78, 5) is 22.9. The Morgan fingerprint density at radius 3 is 1.31 bits per heavy atom. The summed E-state index contributed by atoms with van der Waals surface area (Å²) in [5.41, 5.74) is -0.958. The zero-order valence-corrected chi connectivity index (χ0v) is 20.3. The number of aliphatic hydroxyl groups excluding tert-OH is 2. The number of carbonyl (C=O) groups excluding carboxylic acids is 2. The van der Waals surface area contributed by atoms with E-state index < -0.39 is 23.4 Å². The van der Waals surface area contributed by atoms with E-state index in [9.17, 15) is 9.59 Å². The molecule has 0 aliphatic carbocycles. The molecule has 0 spiro atoms. The highest BCUT2D eigenvalue weighted by atomic mass is 16.6. The summed E-state index contributed by atoms with van der Waals surface area (Å²) in [6.07, 6.45) is 2.14. The third-order valence-electron chi connectivity index (χ3n) is 4.59. The van der Waals surface area contributed by atoms with Crippen LogP contribution in [0, 0.1) is 0 Å². The van der Waals surface area contributed by atoms with Crippen LogP contribution in [0.3, 0.4) is 0 Å². The Labute approximate surface area is 191 Å². The minimum atomic E-state index is -0.479. The molecule has 188 valence electrons. The first-order valence-corrected chi connectivity index (χ1v) is 11.2. The van der Waals surface area contributed by atoms with E-state index in [4.69, 9.17) is 29.2 Å². The fraction of sp³-hybridized carbons (Fsp3) is 0.909. The first kappa shape index (κ1) is 28.4. The topological polar surface area (TPSA) is 136 Å². The van der Waals surface area contributed by atoms with Gasteiger partial charge in [-0.05, 0) is 67.2 Å². The van der Waals surface area contributed by atoms with E-state index in [1.165, 1.54) is 0 Å². The average Bonchev–Trinajstić information content (AvgIpc) is 2.66. The molecule has 32 heavy (non-hydrogen) atoms. The standard InChI is InChI=1S/2C11H21NO4/c2*1-11(2,3)16-10(14)12-8-4-5-9(6-13)15-7-8/h2*8-9,13H,4-7H2,1-3H3,(H,12,14)/t2*8-,9+/m10/s1. The SMILES string of the molecule is CC(C)(C)OC(=O)N[C@@H]1CC[C@@H](CO)OC1.CC(C)(C)OC(=O)N[C@H]1CC[C@H](CO)OC1. The number of amides is 2. The maximum absolute atomic E-state index is 11.4. The van der Waals surface area contributed by atoms with Gasteiger partial charge in [-0.3, -0.25) is 0 Å². The van der Waals surface area contributed by atoms with Gasteiger partial charge in [0.1, 0.15) is 11.2 Å². The number of alkyl carbamates (subject to hydrolysis) is 2. The largest absolute Gasteiger partial charge is 0.444 e. The van der Waals surface area contributed by atoms with E-state index in [-0.39, 0.29) is 37.5 Å². The molecule has 0 bridgehead atoms. The van der Waals surface area contributed by atoms with E-state index in [0.29, 0.717) is 13.2 Å². The highest BCUT2D eigenvalue weighted by Crippen LogP contribution is 2.15. The number of carbonyl (C=O) groups is 2. The van der Waals surface area contributed by atoms with Crippen LogP contribution in [-0.2, 0) is 18.9 Å². The zero-order chi connectivity index (χ0) is 24.4. The predicted molar refractivity (Wildman–Crippen MR) is 118 cm³/mol. The van der Waals surface area contributed by atoms with Gasteiger partial charge in [-0.15, -0.1) is 0 Å². The Hall–Kier alpha value is -1.62. The minimum Gasteiger partial charge on any atom is -0.444 e. The van der Waals surface area contributed by atoms with Gasteiger partial charge in [0.15, 0.2) is 0 Å². The van der Waals surface area contributed by atoms with Crippen molar-refractivity contribution in [2.24, 2.45) is 0 Å². The average molecular weight is 463 g/mol. The molecule has 2 aliphatic heterocycles. The number of ether oxygens (including phenoxy) is 4. The molecule has 2 amide bonds. The number of nitrogens with one attached hydrogen (secondary N) is 2. The maximum atomic E-state index is 11.4. The first-order valence-electron chi connectivity index (χ1n) is 11.2. The molecule has 0 saturated carbocycles. The summed E-state index contributed by atoms with van der Waals surface area (Å²) in [6.45, 7) is 11.9. The van der Waals surface area contributed by atoms with Crippen LogP contribution in [0.1, 0.15) is 67.2 Å². The number of hydrogen-bond acceptors (Lipinski definition) is 8. The molecule has 0 unspecified atom stereocenters. The molecule has 4 N–H and O–H groups in total. The van der Waals surface area contributed by atoms with Crippen molar-refractivity contribution in [1.29, 1.82) is 0 Å². The maximum Gasteiger partial charge on any atom is 0.407 e. The van der Waals surface area contributed by atoms with E-state index in [1.807, 2.05) is 41.5 Å². The van der Waals surface area contributed by atoms with Gasteiger partial charge < -0.3 is 39.8 Å². The Kier molecular flexibility index (Phi) is 11.7. The van der Waals surface area contributed by atoms with Gasteiger partial charge in [-0.1, -0.05) is 0 Å². The molecule has 2 fully saturated rings. The third kappa shape index (κ3) is 13.0. The third-order valence-corrected chi connectivity index (χ3v) is 4.59. The van der Waals surface area contributed by atoms with Gasteiger partial charge in [-0.25, -0.2) is 9.59 Å². The Morgan fingerprint density at radius 1 is 0.750 bits per heavy atom. The van der Waals surface area contributed by atoms with Gasteiger partial charge in [0, 0.05) is 0 Å². The van der Waals surface area contributed by atoms with Crippen molar-refractivity contribution < 1.29 is 38.7 Å². The van der Waals surface area contributed by atoms with Crippen LogP contribution in [0.15, 0.2) is 0 Å². The van der Waals surface area contributed by atoms with Gasteiger partial charge >= 0.3 is 12.2 Å². The summed E-state index contributed by atoms with van der Waals surface area (Å²) < 4.78 is 21.0. The molecule has 0 radical (unpaired) electrons. The molecule has 2 aliphatic rings. The second-order valence-electron chi connectivity index (χ2n) is 10.1. The summed E-state index contributed by atoms with van der Waals surface area (Å²) in [5.74, 6) is 0. The molecule has 10 nitrogen and oxygen atoms in total. The van der Waals surface area contributed by atoms with Crippen LogP contribution in [0.5, 0.6) is 0 Å². The van der Waals surface area contributed by atoms with Crippen molar-refractivity contribution in [3.63, 3.8) is 0 Å². The van der Waals surface area contributed by atoms with Crippen LogP contribution in [0.4, 0.5) is 9.59 Å².